The second-order valence-electron chi connectivity index (χ2n) is 12.6. The van der Waals surface area contributed by atoms with Crippen LogP contribution in [-0.2, 0) is 19.0 Å². The zero-order chi connectivity index (χ0) is 30.2. The molecule has 0 amide bonds. The van der Waals surface area contributed by atoms with E-state index in [1.807, 2.05) is 33.8 Å². The van der Waals surface area contributed by atoms with E-state index in [-0.39, 0.29) is 53.8 Å². The molecule has 7 nitrogen and oxygen atoms in total. The summed E-state index contributed by atoms with van der Waals surface area (Å²) >= 11 is 0. The van der Waals surface area contributed by atoms with Gasteiger partial charge in [0.2, 0.25) is 0 Å². The number of aliphatic hydroxyl groups excluding tert-OH is 3. The number of hydrogen-bond acceptors (Lipinski definition) is 7. The van der Waals surface area contributed by atoms with E-state index in [0.717, 1.165) is 12.8 Å². The van der Waals surface area contributed by atoms with Gasteiger partial charge in [0.25, 0.3) is 0 Å². The van der Waals surface area contributed by atoms with Crippen molar-refractivity contribution in [1.29, 1.82) is 0 Å². The first kappa shape index (κ1) is 34.8. The van der Waals surface area contributed by atoms with Crippen molar-refractivity contribution in [3.05, 3.63) is 36.0 Å². The minimum atomic E-state index is -1.29. The number of carbonyl (C=O) groups excluding carboxylic acids is 1. The van der Waals surface area contributed by atoms with Crippen LogP contribution in [0, 0.1) is 35.5 Å². The van der Waals surface area contributed by atoms with E-state index < -0.39 is 24.1 Å². The van der Waals surface area contributed by atoms with Crippen molar-refractivity contribution in [2.24, 2.45) is 35.5 Å². The SMILES string of the molecule is CCC=C(C)CC(C)C(O)C(C)C1OC2(CC(OC)C1C)OC(C(C)C(O)C(C)C=CC=CC=O)C(C)CC2O. The van der Waals surface area contributed by atoms with Gasteiger partial charge in [0.15, 0.2) is 5.79 Å². The van der Waals surface area contributed by atoms with E-state index in [9.17, 15) is 20.1 Å². The number of allylic oxidation sites excluding steroid dienone is 5. The molecule has 1 spiro atoms. The molecule has 13 atom stereocenters. The van der Waals surface area contributed by atoms with E-state index in [0.29, 0.717) is 19.1 Å². The van der Waals surface area contributed by atoms with Crippen LogP contribution in [0.1, 0.15) is 81.1 Å². The highest BCUT2D eigenvalue weighted by atomic mass is 16.7. The Kier molecular flexibility index (Phi) is 13.7. The van der Waals surface area contributed by atoms with Gasteiger partial charge in [0, 0.05) is 37.2 Å². The normalized spacial score (nSPS) is 36.5. The third-order valence-corrected chi connectivity index (χ3v) is 9.38. The largest absolute Gasteiger partial charge is 0.392 e. The predicted octanol–water partition coefficient (Wildman–Crippen LogP) is 5.23. The lowest BCUT2D eigenvalue weighted by atomic mass is 9.74. The minimum Gasteiger partial charge on any atom is -0.392 e. The summed E-state index contributed by atoms with van der Waals surface area (Å²) in [5.74, 6) is -1.88. The molecule has 2 saturated heterocycles. The van der Waals surface area contributed by atoms with E-state index in [2.05, 4.69) is 33.8 Å². The van der Waals surface area contributed by atoms with E-state index >= 15 is 0 Å². The summed E-state index contributed by atoms with van der Waals surface area (Å²) in [6.07, 6.45) is 9.10. The monoisotopic (exact) mass is 564 g/mol. The van der Waals surface area contributed by atoms with Crippen LogP contribution < -0.4 is 0 Å². The average Bonchev–Trinajstić information content (AvgIpc) is 2.92. The summed E-state index contributed by atoms with van der Waals surface area (Å²) in [5, 5.41) is 34.0. The molecule has 40 heavy (non-hydrogen) atoms. The standard InChI is InChI=1S/C33H56O7/c1-10-14-20(2)17-22(4)30(37)26(8)32-24(6)27(38-9)19-33(40-32)28(35)18-23(5)31(39-33)25(7)29(36)21(3)15-12-11-13-16-34/h11-16,21-32,35-37H,10,17-19H2,1-9H3. The van der Waals surface area contributed by atoms with Crippen molar-refractivity contribution in [1.82, 2.24) is 0 Å². The van der Waals surface area contributed by atoms with Crippen molar-refractivity contribution in [3.63, 3.8) is 0 Å². The Labute approximate surface area is 242 Å². The molecule has 0 aliphatic carbocycles. The summed E-state index contributed by atoms with van der Waals surface area (Å²) in [6, 6.07) is 0. The van der Waals surface area contributed by atoms with Gasteiger partial charge in [0.1, 0.15) is 12.4 Å². The van der Waals surface area contributed by atoms with Gasteiger partial charge in [-0.25, -0.2) is 0 Å². The van der Waals surface area contributed by atoms with Crippen LogP contribution in [-0.4, -0.2) is 71.1 Å². The molecule has 2 aliphatic rings. The lowest BCUT2D eigenvalue weighted by Gasteiger charge is -2.56. The third-order valence-electron chi connectivity index (χ3n) is 9.38. The van der Waals surface area contributed by atoms with Crippen molar-refractivity contribution < 1.29 is 34.3 Å². The van der Waals surface area contributed by atoms with Gasteiger partial charge >= 0.3 is 0 Å². The molecule has 2 fully saturated rings. The van der Waals surface area contributed by atoms with Gasteiger partial charge in [-0.2, -0.15) is 0 Å². The summed E-state index contributed by atoms with van der Waals surface area (Å²) in [7, 11) is 1.68. The summed E-state index contributed by atoms with van der Waals surface area (Å²) in [6.45, 7) is 16.3. The number of methoxy groups -OCH3 is 1. The van der Waals surface area contributed by atoms with Gasteiger partial charge in [-0.15, -0.1) is 0 Å². The average molecular weight is 565 g/mol. The molecule has 2 rings (SSSR count). The molecule has 13 unspecified atom stereocenters. The van der Waals surface area contributed by atoms with Crippen LogP contribution in [0.25, 0.3) is 0 Å². The van der Waals surface area contributed by atoms with Crippen molar-refractivity contribution >= 4 is 6.29 Å². The Bertz CT molecular complexity index is 869. The smallest absolute Gasteiger partial charge is 0.197 e. The molecule has 3 N–H and O–H groups in total. The molecule has 0 saturated carbocycles. The fourth-order valence-electron chi connectivity index (χ4n) is 6.86. The summed E-state index contributed by atoms with van der Waals surface area (Å²) in [4.78, 5) is 10.5. The van der Waals surface area contributed by atoms with Crippen LogP contribution in [0.4, 0.5) is 0 Å². The highest BCUT2D eigenvalue weighted by Crippen LogP contribution is 2.47. The van der Waals surface area contributed by atoms with Crippen LogP contribution in [0.3, 0.4) is 0 Å². The molecular weight excluding hydrogens is 508 g/mol. The van der Waals surface area contributed by atoms with Gasteiger partial charge in [-0.05, 0) is 44.1 Å². The molecule has 0 bridgehead atoms. The fraction of sp³-hybridized carbons (Fsp3) is 0.788. The Morgan fingerprint density at radius 3 is 2.25 bits per heavy atom. The van der Waals surface area contributed by atoms with Gasteiger partial charge in [-0.3, -0.25) is 4.79 Å². The molecule has 2 heterocycles. The lowest BCUT2D eigenvalue weighted by Crippen LogP contribution is -2.65. The van der Waals surface area contributed by atoms with Crippen molar-refractivity contribution in [2.45, 2.75) is 123 Å². The molecule has 0 aromatic rings. The quantitative estimate of drug-likeness (QED) is 0.122. The van der Waals surface area contributed by atoms with E-state index in [1.165, 1.54) is 11.6 Å². The molecule has 0 aromatic heterocycles. The van der Waals surface area contributed by atoms with Crippen molar-refractivity contribution in [3.8, 4) is 0 Å². The zero-order valence-electron chi connectivity index (χ0n) is 26.2. The Morgan fingerprint density at radius 2 is 1.65 bits per heavy atom. The third kappa shape index (κ3) is 8.36. The molecule has 0 aromatic carbocycles. The number of carbonyl (C=O) groups is 1. The van der Waals surface area contributed by atoms with Gasteiger partial charge in [0.05, 0.1) is 30.5 Å². The fourth-order valence-corrected chi connectivity index (χ4v) is 6.86. The van der Waals surface area contributed by atoms with Crippen LogP contribution in [0.5, 0.6) is 0 Å². The molecule has 0 radical (unpaired) electrons. The number of aldehydes is 1. The minimum absolute atomic E-state index is 0.00447. The molecular formula is C33H56O7. The van der Waals surface area contributed by atoms with Crippen molar-refractivity contribution in [2.75, 3.05) is 7.11 Å². The van der Waals surface area contributed by atoms with Gasteiger partial charge in [-0.1, -0.05) is 78.3 Å². The number of aliphatic hydroxyl groups is 3. The molecule has 230 valence electrons. The highest BCUT2D eigenvalue weighted by Gasteiger charge is 2.57. The van der Waals surface area contributed by atoms with Gasteiger partial charge < -0.3 is 29.5 Å². The first-order valence-corrected chi connectivity index (χ1v) is 15.2. The number of rotatable bonds is 13. The Balaban J connectivity index is 2.30. The number of ether oxygens (including phenoxy) is 3. The highest BCUT2D eigenvalue weighted by molar-refractivity contribution is 5.65. The predicted molar refractivity (Wildman–Crippen MR) is 159 cm³/mol. The van der Waals surface area contributed by atoms with Crippen LogP contribution >= 0.6 is 0 Å². The molecule has 7 heteroatoms. The zero-order valence-corrected chi connectivity index (χ0v) is 26.2. The molecule has 2 aliphatic heterocycles. The summed E-state index contributed by atoms with van der Waals surface area (Å²) in [5.41, 5.74) is 1.27. The summed E-state index contributed by atoms with van der Waals surface area (Å²) < 4.78 is 19.4. The Morgan fingerprint density at radius 1 is 1.02 bits per heavy atom. The van der Waals surface area contributed by atoms with Crippen LogP contribution in [0.15, 0.2) is 36.0 Å². The maximum Gasteiger partial charge on any atom is 0.197 e. The first-order valence-electron chi connectivity index (χ1n) is 15.2. The second-order valence-corrected chi connectivity index (χ2v) is 12.6. The van der Waals surface area contributed by atoms with E-state index in [1.54, 1.807) is 19.3 Å². The first-order chi connectivity index (χ1) is 18.8. The Hall–Kier alpha value is -1.35. The lowest BCUT2D eigenvalue weighted by molar-refractivity contribution is -0.391. The number of hydrogen-bond donors (Lipinski definition) is 3. The van der Waals surface area contributed by atoms with E-state index in [4.69, 9.17) is 14.2 Å². The van der Waals surface area contributed by atoms with Crippen LogP contribution in [0.2, 0.25) is 0 Å². The maximum absolute atomic E-state index is 11.4. The second kappa shape index (κ2) is 15.8. The maximum atomic E-state index is 11.4. The topological polar surface area (TPSA) is 105 Å².